The van der Waals surface area contributed by atoms with Crippen LogP contribution in [0, 0.1) is 0 Å². The molecule has 6 heteroatoms. The predicted octanol–water partition coefficient (Wildman–Crippen LogP) is 0.0775. The van der Waals surface area contributed by atoms with Crippen molar-refractivity contribution in [2.24, 2.45) is 0 Å². The van der Waals surface area contributed by atoms with Crippen molar-refractivity contribution in [2.45, 2.75) is 0 Å². The number of benzene rings is 1. The van der Waals surface area contributed by atoms with Crippen LogP contribution in [0.2, 0.25) is 0 Å². The molecule has 3 N–H and O–H groups in total. The van der Waals surface area contributed by atoms with Gasteiger partial charge in [0.25, 0.3) is 0 Å². The number of β-amino-alcohol motifs (C(OH)–C–C–N with tert-alkyl or cyclic N) is 1. The zero-order valence-electron chi connectivity index (χ0n) is 13.1. The van der Waals surface area contributed by atoms with Crippen molar-refractivity contribution < 1.29 is 9.84 Å². The first-order valence-electron chi connectivity index (χ1n) is 8.09. The average molecular weight is 306 g/mol. The lowest BCUT2D eigenvalue weighted by Crippen LogP contribution is -2.49. The first-order valence-corrected chi connectivity index (χ1v) is 8.09. The topological polar surface area (TPSA) is 65.2 Å². The highest BCUT2D eigenvalue weighted by Crippen LogP contribution is 2.32. The fourth-order valence-corrected chi connectivity index (χ4v) is 3.17. The van der Waals surface area contributed by atoms with E-state index in [1.54, 1.807) is 0 Å². The molecule has 1 fully saturated rings. The summed E-state index contributed by atoms with van der Waals surface area (Å²) in [5, 5.41) is 8.99. The number of fused-ring (bicyclic) bond motifs is 1. The normalized spacial score (nSPS) is 19.8. The van der Waals surface area contributed by atoms with Crippen LogP contribution in [-0.2, 0) is 0 Å². The van der Waals surface area contributed by atoms with Crippen molar-refractivity contribution in [3.63, 3.8) is 0 Å². The number of anilines is 2. The largest absolute Gasteiger partial charge is 0.489 e. The lowest BCUT2D eigenvalue weighted by molar-refractivity contribution is 0.114. The van der Waals surface area contributed by atoms with Crippen LogP contribution in [-0.4, -0.2) is 80.5 Å². The van der Waals surface area contributed by atoms with Crippen molar-refractivity contribution in [1.82, 2.24) is 9.80 Å². The SMILES string of the molecule is Nc1ccc2c(c1)OCCN2CCN1CCN(CCO)CC1. The van der Waals surface area contributed by atoms with Gasteiger partial charge >= 0.3 is 0 Å². The smallest absolute Gasteiger partial charge is 0.144 e. The quantitative estimate of drug-likeness (QED) is 0.751. The van der Waals surface area contributed by atoms with Crippen LogP contribution >= 0.6 is 0 Å². The van der Waals surface area contributed by atoms with E-state index in [2.05, 4.69) is 20.8 Å². The van der Waals surface area contributed by atoms with Gasteiger partial charge in [-0.15, -0.1) is 0 Å². The molecular formula is C16H26N4O2. The van der Waals surface area contributed by atoms with E-state index in [9.17, 15) is 0 Å². The molecule has 6 nitrogen and oxygen atoms in total. The van der Waals surface area contributed by atoms with Crippen LogP contribution < -0.4 is 15.4 Å². The van der Waals surface area contributed by atoms with Crippen LogP contribution in [0.5, 0.6) is 5.75 Å². The fourth-order valence-electron chi connectivity index (χ4n) is 3.17. The summed E-state index contributed by atoms with van der Waals surface area (Å²) in [5.41, 5.74) is 7.73. The van der Waals surface area contributed by atoms with E-state index in [-0.39, 0.29) is 6.61 Å². The second-order valence-electron chi connectivity index (χ2n) is 5.97. The predicted molar refractivity (Wildman–Crippen MR) is 88.5 cm³/mol. The molecule has 1 aromatic rings. The van der Waals surface area contributed by atoms with E-state index in [1.165, 1.54) is 0 Å². The maximum Gasteiger partial charge on any atom is 0.144 e. The molecule has 0 aromatic heterocycles. The van der Waals surface area contributed by atoms with E-state index in [1.807, 2.05) is 12.1 Å². The second kappa shape index (κ2) is 7.17. The Morgan fingerprint density at radius 3 is 2.45 bits per heavy atom. The van der Waals surface area contributed by atoms with Gasteiger partial charge in [-0.2, -0.15) is 0 Å². The second-order valence-corrected chi connectivity index (χ2v) is 5.97. The van der Waals surface area contributed by atoms with Gasteiger partial charge in [-0.1, -0.05) is 0 Å². The summed E-state index contributed by atoms with van der Waals surface area (Å²) in [7, 11) is 0. The van der Waals surface area contributed by atoms with Crippen LogP contribution in [0.3, 0.4) is 0 Å². The first-order chi connectivity index (χ1) is 10.8. The van der Waals surface area contributed by atoms with Gasteiger partial charge in [0.05, 0.1) is 18.8 Å². The lowest BCUT2D eigenvalue weighted by atomic mass is 10.2. The van der Waals surface area contributed by atoms with Crippen molar-refractivity contribution in [3.8, 4) is 5.75 Å². The van der Waals surface area contributed by atoms with Crippen LogP contribution in [0.1, 0.15) is 0 Å². The maximum absolute atomic E-state index is 8.99. The van der Waals surface area contributed by atoms with Gasteiger partial charge in [-0.25, -0.2) is 0 Å². The fraction of sp³-hybridized carbons (Fsp3) is 0.625. The zero-order chi connectivity index (χ0) is 15.4. The summed E-state index contributed by atoms with van der Waals surface area (Å²) in [4.78, 5) is 7.21. The van der Waals surface area contributed by atoms with Gasteiger partial charge in [0, 0.05) is 57.6 Å². The summed E-state index contributed by atoms with van der Waals surface area (Å²) in [5.74, 6) is 0.902. The minimum absolute atomic E-state index is 0.258. The van der Waals surface area contributed by atoms with Gasteiger partial charge in [0.15, 0.2) is 0 Å². The third-order valence-corrected chi connectivity index (χ3v) is 4.51. The van der Waals surface area contributed by atoms with E-state index in [0.29, 0.717) is 0 Å². The molecule has 2 aliphatic heterocycles. The number of nitrogens with zero attached hydrogens (tertiary/aromatic N) is 3. The lowest BCUT2D eigenvalue weighted by Gasteiger charge is -2.37. The number of hydrogen-bond donors (Lipinski definition) is 2. The molecule has 0 radical (unpaired) electrons. The van der Waals surface area contributed by atoms with Gasteiger partial charge in [-0.05, 0) is 12.1 Å². The minimum Gasteiger partial charge on any atom is -0.489 e. The minimum atomic E-state index is 0.258. The van der Waals surface area contributed by atoms with Gasteiger partial charge < -0.3 is 20.5 Å². The summed E-state index contributed by atoms with van der Waals surface area (Å²) in [6.45, 7) is 9.06. The molecule has 3 rings (SSSR count). The highest BCUT2D eigenvalue weighted by atomic mass is 16.5. The molecule has 122 valence electrons. The monoisotopic (exact) mass is 306 g/mol. The number of rotatable bonds is 5. The van der Waals surface area contributed by atoms with Crippen LogP contribution in [0.15, 0.2) is 18.2 Å². The zero-order valence-corrected chi connectivity index (χ0v) is 13.1. The Labute approximate surface area is 132 Å². The van der Waals surface area contributed by atoms with Gasteiger partial charge in [0.2, 0.25) is 0 Å². The third kappa shape index (κ3) is 3.63. The van der Waals surface area contributed by atoms with E-state index in [4.69, 9.17) is 15.6 Å². The van der Waals surface area contributed by atoms with Gasteiger partial charge in [0.1, 0.15) is 12.4 Å². The number of ether oxygens (including phenoxy) is 1. The molecule has 1 saturated heterocycles. The van der Waals surface area contributed by atoms with Crippen molar-refractivity contribution in [3.05, 3.63) is 18.2 Å². The Kier molecular flexibility index (Phi) is 5.02. The molecule has 0 aliphatic carbocycles. The Hall–Kier alpha value is -1.50. The number of hydrogen-bond acceptors (Lipinski definition) is 6. The van der Waals surface area contributed by atoms with Crippen LogP contribution in [0.4, 0.5) is 11.4 Å². The van der Waals surface area contributed by atoms with Crippen molar-refractivity contribution >= 4 is 11.4 Å². The molecule has 22 heavy (non-hydrogen) atoms. The standard InChI is InChI=1S/C16H26N4O2/c17-14-1-2-15-16(13-14)22-12-10-20(15)8-7-18-3-5-19(6-4-18)9-11-21/h1-2,13,21H,3-12,17H2. The molecule has 2 heterocycles. The first kappa shape index (κ1) is 15.4. The average Bonchev–Trinajstić information content (AvgIpc) is 2.54. The molecular weight excluding hydrogens is 280 g/mol. The number of nitrogens with two attached hydrogens (primary N) is 1. The molecule has 0 bridgehead atoms. The number of nitrogen functional groups attached to an aromatic ring is 1. The Bertz CT molecular complexity index is 489. The molecule has 0 saturated carbocycles. The van der Waals surface area contributed by atoms with Crippen LogP contribution in [0.25, 0.3) is 0 Å². The highest BCUT2D eigenvalue weighted by molar-refractivity contribution is 5.65. The van der Waals surface area contributed by atoms with E-state index in [0.717, 1.165) is 76.1 Å². The van der Waals surface area contributed by atoms with E-state index >= 15 is 0 Å². The van der Waals surface area contributed by atoms with E-state index < -0.39 is 0 Å². The molecule has 2 aliphatic rings. The maximum atomic E-state index is 8.99. The van der Waals surface area contributed by atoms with Gasteiger partial charge in [-0.3, -0.25) is 9.80 Å². The Morgan fingerprint density at radius 2 is 1.73 bits per heavy atom. The molecule has 0 unspecified atom stereocenters. The summed E-state index contributed by atoms with van der Waals surface area (Å²) < 4.78 is 5.70. The Morgan fingerprint density at radius 1 is 1.00 bits per heavy atom. The number of aliphatic hydroxyl groups is 1. The summed E-state index contributed by atoms with van der Waals surface area (Å²) >= 11 is 0. The number of aliphatic hydroxyl groups excluding tert-OH is 1. The summed E-state index contributed by atoms with van der Waals surface area (Å²) in [6, 6.07) is 5.91. The molecule has 0 amide bonds. The highest BCUT2D eigenvalue weighted by Gasteiger charge is 2.20. The van der Waals surface area contributed by atoms with Crippen molar-refractivity contribution in [1.29, 1.82) is 0 Å². The van der Waals surface area contributed by atoms with Crippen molar-refractivity contribution in [2.75, 3.05) is 76.2 Å². The molecule has 0 atom stereocenters. The Balaban J connectivity index is 1.51. The third-order valence-electron chi connectivity index (χ3n) is 4.51. The number of piperazine rings is 1. The molecule has 0 spiro atoms. The summed E-state index contributed by atoms with van der Waals surface area (Å²) in [6.07, 6.45) is 0. The molecule has 1 aromatic carbocycles.